The lowest BCUT2D eigenvalue weighted by Gasteiger charge is -2.20. The Morgan fingerprint density at radius 2 is 2.00 bits per heavy atom. The molecule has 2 aliphatic carbocycles. The molecular formula is C25H33N7O2S. The van der Waals surface area contributed by atoms with Gasteiger partial charge in [0, 0.05) is 25.3 Å². The van der Waals surface area contributed by atoms with Crippen LogP contribution in [0.1, 0.15) is 50.4 Å². The average molecular weight is 496 g/mol. The SMILES string of the molecule is CCNC(=O)C(O)C1CCC(Nc2nc(NCC3CC3)nc(C)c2-c2nc3c(C)nccc3s2)C1. The van der Waals surface area contributed by atoms with Gasteiger partial charge in [-0.3, -0.25) is 9.78 Å². The summed E-state index contributed by atoms with van der Waals surface area (Å²) in [6.07, 6.45) is 5.69. The van der Waals surface area contributed by atoms with Crippen molar-refractivity contribution in [2.45, 2.75) is 65.0 Å². The van der Waals surface area contributed by atoms with Gasteiger partial charge in [-0.15, -0.1) is 11.3 Å². The summed E-state index contributed by atoms with van der Waals surface area (Å²) in [7, 11) is 0. The second-order valence-electron chi connectivity index (χ2n) is 9.70. The molecule has 3 unspecified atom stereocenters. The number of likely N-dealkylation sites (N-methyl/N-ethyl adjacent to an activating group) is 1. The predicted molar refractivity (Wildman–Crippen MR) is 139 cm³/mol. The Balaban J connectivity index is 1.43. The van der Waals surface area contributed by atoms with E-state index >= 15 is 0 Å². The Morgan fingerprint density at radius 1 is 1.17 bits per heavy atom. The molecule has 1 amide bonds. The molecule has 186 valence electrons. The first-order chi connectivity index (χ1) is 16.9. The van der Waals surface area contributed by atoms with Crippen LogP contribution in [0.3, 0.4) is 0 Å². The van der Waals surface area contributed by atoms with E-state index < -0.39 is 6.10 Å². The number of carbonyl (C=O) groups excluding carboxylic acids is 1. The number of hydrogen-bond acceptors (Lipinski definition) is 9. The predicted octanol–water partition coefficient (Wildman–Crippen LogP) is 3.66. The van der Waals surface area contributed by atoms with Crippen LogP contribution in [-0.4, -0.2) is 56.2 Å². The lowest BCUT2D eigenvalue weighted by Crippen LogP contribution is -2.38. The normalized spacial score (nSPS) is 20.7. The summed E-state index contributed by atoms with van der Waals surface area (Å²) in [5.41, 5.74) is 3.57. The van der Waals surface area contributed by atoms with Gasteiger partial charge in [0.05, 0.1) is 21.7 Å². The van der Waals surface area contributed by atoms with E-state index in [2.05, 4.69) is 20.9 Å². The minimum absolute atomic E-state index is 0.0749. The van der Waals surface area contributed by atoms with Gasteiger partial charge in [0.25, 0.3) is 0 Å². The van der Waals surface area contributed by atoms with Crippen LogP contribution in [-0.2, 0) is 4.79 Å². The number of anilines is 2. The van der Waals surface area contributed by atoms with Crippen molar-refractivity contribution in [3.8, 4) is 10.6 Å². The molecule has 10 heteroatoms. The van der Waals surface area contributed by atoms with E-state index in [0.717, 1.165) is 57.4 Å². The summed E-state index contributed by atoms with van der Waals surface area (Å²) in [6, 6.07) is 2.09. The number of aliphatic hydroxyl groups is 1. The Kier molecular flexibility index (Phi) is 6.84. The molecule has 0 aromatic carbocycles. The maximum absolute atomic E-state index is 12.1. The fourth-order valence-electron chi connectivity index (χ4n) is 4.78. The fourth-order valence-corrected chi connectivity index (χ4v) is 5.89. The molecule has 3 aromatic heterocycles. The van der Waals surface area contributed by atoms with Crippen molar-refractivity contribution < 1.29 is 9.90 Å². The highest BCUT2D eigenvalue weighted by Gasteiger charge is 2.34. The average Bonchev–Trinajstić information content (AvgIpc) is 3.37. The van der Waals surface area contributed by atoms with Crippen LogP contribution in [0.4, 0.5) is 11.8 Å². The van der Waals surface area contributed by atoms with Gasteiger partial charge in [0.2, 0.25) is 11.9 Å². The number of hydrogen-bond donors (Lipinski definition) is 4. The van der Waals surface area contributed by atoms with Crippen molar-refractivity contribution in [3.05, 3.63) is 23.7 Å². The number of nitrogens with one attached hydrogen (secondary N) is 3. The van der Waals surface area contributed by atoms with E-state index in [0.29, 0.717) is 24.8 Å². The van der Waals surface area contributed by atoms with Crippen LogP contribution >= 0.6 is 11.3 Å². The first kappa shape index (κ1) is 23.9. The highest BCUT2D eigenvalue weighted by molar-refractivity contribution is 7.21. The molecule has 2 aliphatic rings. The third kappa shape index (κ3) is 5.23. The van der Waals surface area contributed by atoms with Crippen LogP contribution in [0.2, 0.25) is 0 Å². The standard InChI is InChI=1S/C25H33N7O2S/c1-4-26-23(34)21(33)16-7-8-17(11-16)30-22-19(13(2)29-25(32-22)28-12-15-5-6-15)24-31-20-14(3)27-10-9-18(20)35-24/h9-10,15-17,21,33H,4-8,11-12H2,1-3H3,(H,26,34)(H2,28,29,30,32). The minimum Gasteiger partial charge on any atom is -0.383 e. The Morgan fingerprint density at radius 3 is 2.74 bits per heavy atom. The van der Waals surface area contributed by atoms with Crippen LogP contribution < -0.4 is 16.0 Å². The van der Waals surface area contributed by atoms with E-state index in [4.69, 9.17) is 15.0 Å². The zero-order chi connectivity index (χ0) is 24.5. The van der Waals surface area contributed by atoms with Crippen LogP contribution in [0.5, 0.6) is 0 Å². The number of carbonyl (C=O) groups is 1. The Labute approximate surface area is 209 Å². The molecule has 0 aliphatic heterocycles. The summed E-state index contributed by atoms with van der Waals surface area (Å²) in [5.74, 6) is 1.71. The van der Waals surface area contributed by atoms with Crippen LogP contribution in [0.25, 0.3) is 20.8 Å². The number of rotatable bonds is 9. The van der Waals surface area contributed by atoms with Crippen molar-refractivity contribution in [1.29, 1.82) is 0 Å². The summed E-state index contributed by atoms with van der Waals surface area (Å²) < 4.78 is 1.08. The van der Waals surface area contributed by atoms with Gasteiger partial charge in [0.1, 0.15) is 22.4 Å². The molecule has 0 spiro atoms. The van der Waals surface area contributed by atoms with Gasteiger partial charge in [-0.05, 0) is 70.8 Å². The number of aryl methyl sites for hydroxylation is 2. The molecule has 4 N–H and O–H groups in total. The van der Waals surface area contributed by atoms with Gasteiger partial charge >= 0.3 is 0 Å². The van der Waals surface area contributed by atoms with Gasteiger partial charge < -0.3 is 21.1 Å². The molecule has 3 heterocycles. The molecule has 9 nitrogen and oxygen atoms in total. The molecule has 2 saturated carbocycles. The van der Waals surface area contributed by atoms with E-state index in [-0.39, 0.29) is 17.9 Å². The maximum atomic E-state index is 12.1. The summed E-state index contributed by atoms with van der Waals surface area (Å²) in [6.45, 7) is 7.23. The molecule has 2 fully saturated rings. The first-order valence-electron chi connectivity index (χ1n) is 12.5. The van der Waals surface area contributed by atoms with Crippen LogP contribution in [0, 0.1) is 25.7 Å². The number of thiazole rings is 1. The minimum atomic E-state index is -0.983. The lowest BCUT2D eigenvalue weighted by molar-refractivity contribution is -0.131. The highest BCUT2D eigenvalue weighted by Crippen LogP contribution is 2.39. The quantitative estimate of drug-likeness (QED) is 0.354. The van der Waals surface area contributed by atoms with Crippen molar-refractivity contribution in [3.63, 3.8) is 0 Å². The largest absolute Gasteiger partial charge is 0.383 e. The van der Waals surface area contributed by atoms with Crippen molar-refractivity contribution >= 4 is 39.2 Å². The number of nitrogens with zero attached hydrogens (tertiary/aromatic N) is 4. The summed E-state index contributed by atoms with van der Waals surface area (Å²) in [5, 5.41) is 21.1. The van der Waals surface area contributed by atoms with E-state index in [1.54, 1.807) is 11.3 Å². The summed E-state index contributed by atoms with van der Waals surface area (Å²) in [4.78, 5) is 31.1. The molecule has 0 saturated heterocycles. The summed E-state index contributed by atoms with van der Waals surface area (Å²) >= 11 is 1.62. The van der Waals surface area contributed by atoms with E-state index in [9.17, 15) is 9.90 Å². The first-order valence-corrected chi connectivity index (χ1v) is 13.3. The smallest absolute Gasteiger partial charge is 0.249 e. The van der Waals surface area contributed by atoms with Crippen molar-refractivity contribution in [2.75, 3.05) is 23.7 Å². The van der Waals surface area contributed by atoms with Gasteiger partial charge in [-0.1, -0.05) is 0 Å². The number of aliphatic hydroxyl groups excluding tert-OH is 1. The second-order valence-corrected chi connectivity index (χ2v) is 10.7. The number of aromatic nitrogens is 4. The van der Waals surface area contributed by atoms with Gasteiger partial charge in [0.15, 0.2) is 0 Å². The third-order valence-corrected chi connectivity index (χ3v) is 7.96. The van der Waals surface area contributed by atoms with Gasteiger partial charge in [-0.25, -0.2) is 9.97 Å². The lowest BCUT2D eigenvalue weighted by atomic mass is 10.00. The highest BCUT2D eigenvalue weighted by atomic mass is 32.1. The number of pyridine rings is 1. The molecule has 3 aromatic rings. The molecule has 3 atom stereocenters. The van der Waals surface area contributed by atoms with E-state index in [1.165, 1.54) is 12.8 Å². The van der Waals surface area contributed by atoms with Crippen molar-refractivity contribution in [2.24, 2.45) is 11.8 Å². The van der Waals surface area contributed by atoms with E-state index in [1.807, 2.05) is 33.0 Å². The maximum Gasteiger partial charge on any atom is 0.249 e. The fraction of sp³-hybridized carbons (Fsp3) is 0.560. The number of amides is 1. The molecule has 0 radical (unpaired) electrons. The second kappa shape index (κ2) is 10.0. The molecule has 5 rings (SSSR count). The Hall–Kier alpha value is -2.85. The van der Waals surface area contributed by atoms with Crippen LogP contribution in [0.15, 0.2) is 12.3 Å². The zero-order valence-corrected chi connectivity index (χ0v) is 21.3. The monoisotopic (exact) mass is 495 g/mol. The van der Waals surface area contributed by atoms with Crippen molar-refractivity contribution in [1.82, 2.24) is 25.3 Å². The topological polar surface area (TPSA) is 125 Å². The molecule has 35 heavy (non-hydrogen) atoms. The molecular weight excluding hydrogens is 462 g/mol. The van der Waals surface area contributed by atoms with Gasteiger partial charge in [-0.2, -0.15) is 4.98 Å². The third-order valence-electron chi connectivity index (χ3n) is 6.92. The Bertz CT molecular complexity index is 1230. The number of fused-ring (bicyclic) bond motifs is 1. The molecule has 0 bridgehead atoms. The zero-order valence-electron chi connectivity index (χ0n) is 20.5.